The molecule has 0 radical (unpaired) electrons. The second kappa shape index (κ2) is 8.90. The van der Waals surface area contributed by atoms with E-state index in [0.717, 1.165) is 10.8 Å². The van der Waals surface area contributed by atoms with E-state index in [4.69, 9.17) is 31.3 Å². The van der Waals surface area contributed by atoms with Crippen LogP contribution in [0.3, 0.4) is 0 Å². The van der Waals surface area contributed by atoms with Gasteiger partial charge in [0.1, 0.15) is 5.75 Å². The van der Waals surface area contributed by atoms with Gasteiger partial charge in [0.15, 0.2) is 0 Å². The van der Waals surface area contributed by atoms with Crippen molar-refractivity contribution in [1.29, 1.82) is 0 Å². The monoisotopic (exact) mass is 362 g/mol. The lowest BCUT2D eigenvalue weighted by Crippen LogP contribution is -2.58. The molecule has 0 unspecified atom stereocenters. The maximum atomic E-state index is 5.63. The predicted octanol–water partition coefficient (Wildman–Crippen LogP) is 0.740. The van der Waals surface area contributed by atoms with E-state index in [9.17, 15) is 0 Å². The van der Waals surface area contributed by atoms with Crippen molar-refractivity contribution in [2.24, 2.45) is 0 Å². The zero-order valence-corrected chi connectivity index (χ0v) is 16.8. The Hall–Kier alpha value is -0.786. The molecule has 0 saturated heterocycles. The molecule has 1 aromatic carbocycles. The summed E-state index contributed by atoms with van der Waals surface area (Å²) in [6.45, 7) is 0. The van der Waals surface area contributed by atoms with Crippen LogP contribution in [-0.2, 0) is 32.6 Å². The fraction of sp³-hybridized carbons (Fsp3) is 0.571. The van der Waals surface area contributed by atoms with Gasteiger partial charge in [0.25, 0.3) is 0 Å². The number of rotatable bonds is 10. The van der Waals surface area contributed by atoms with Crippen molar-refractivity contribution in [3.63, 3.8) is 0 Å². The van der Waals surface area contributed by atoms with E-state index in [1.54, 1.807) is 49.8 Å². The molecule has 0 N–H and O–H groups in total. The van der Waals surface area contributed by atoms with Crippen molar-refractivity contribution in [2.75, 3.05) is 49.8 Å². The molecule has 132 valence electrons. The van der Waals surface area contributed by atoms with E-state index < -0.39 is 17.6 Å². The van der Waals surface area contributed by atoms with E-state index in [1.165, 1.54) is 0 Å². The average Bonchev–Trinajstić information content (AvgIpc) is 2.62. The first kappa shape index (κ1) is 20.3. The molecule has 0 aliphatic carbocycles. The number of benzene rings is 1. The Kier molecular flexibility index (Phi) is 7.84. The lowest BCUT2D eigenvalue weighted by molar-refractivity contribution is 0.122. The van der Waals surface area contributed by atoms with Crippen LogP contribution in [0.25, 0.3) is 0 Å². The van der Waals surface area contributed by atoms with Crippen LogP contribution in [-0.4, -0.2) is 67.4 Å². The van der Waals surface area contributed by atoms with Crippen molar-refractivity contribution >= 4 is 22.8 Å². The van der Waals surface area contributed by atoms with Gasteiger partial charge in [-0.05, 0) is 11.6 Å². The van der Waals surface area contributed by atoms with Gasteiger partial charge < -0.3 is 31.3 Å². The molecule has 0 aliphatic rings. The van der Waals surface area contributed by atoms with Crippen LogP contribution < -0.4 is 9.92 Å². The number of hydrogen-bond donors (Lipinski definition) is 0. The summed E-state index contributed by atoms with van der Waals surface area (Å²) in [4.78, 5) is 0. The highest BCUT2D eigenvalue weighted by atomic mass is 28.4. The van der Waals surface area contributed by atoms with Gasteiger partial charge in [0.2, 0.25) is 0 Å². The smallest absolute Gasteiger partial charge is 0.497 e. The SMILES string of the molecule is COc1cccc(C[Si](OC)(OC)OC)c1[Si](OC)(OC)OC. The first-order valence-electron chi connectivity index (χ1n) is 6.99. The maximum Gasteiger partial charge on any atom is 0.540 e. The number of hydrogen-bond acceptors (Lipinski definition) is 7. The van der Waals surface area contributed by atoms with Crippen molar-refractivity contribution in [2.45, 2.75) is 6.04 Å². The molecule has 0 fully saturated rings. The molecule has 23 heavy (non-hydrogen) atoms. The van der Waals surface area contributed by atoms with Gasteiger partial charge in [-0.1, -0.05) is 12.1 Å². The highest BCUT2D eigenvalue weighted by molar-refractivity contribution is 6.77. The Balaban J connectivity index is 3.50. The van der Waals surface area contributed by atoms with E-state index in [0.29, 0.717) is 11.8 Å². The van der Waals surface area contributed by atoms with Crippen LogP contribution in [0.4, 0.5) is 0 Å². The third-order valence-electron chi connectivity index (χ3n) is 3.78. The number of methoxy groups -OCH3 is 1. The summed E-state index contributed by atoms with van der Waals surface area (Å²) >= 11 is 0. The van der Waals surface area contributed by atoms with Crippen LogP contribution in [0, 0.1) is 0 Å². The molecule has 1 aromatic rings. The molecule has 9 heteroatoms. The topological polar surface area (TPSA) is 64.6 Å². The van der Waals surface area contributed by atoms with Gasteiger partial charge in [-0.2, -0.15) is 0 Å². The highest BCUT2D eigenvalue weighted by Gasteiger charge is 2.48. The van der Waals surface area contributed by atoms with Gasteiger partial charge in [0, 0.05) is 48.7 Å². The summed E-state index contributed by atoms with van der Waals surface area (Å²) in [6, 6.07) is 6.11. The van der Waals surface area contributed by atoms with Crippen molar-refractivity contribution < 1.29 is 31.3 Å². The van der Waals surface area contributed by atoms with E-state index >= 15 is 0 Å². The molecule has 0 saturated carbocycles. The summed E-state index contributed by atoms with van der Waals surface area (Å²) in [5.41, 5.74) is 0.888. The minimum absolute atomic E-state index is 0.438. The van der Waals surface area contributed by atoms with Crippen molar-refractivity contribution in [3.8, 4) is 5.75 Å². The molecule has 0 aliphatic heterocycles. The fourth-order valence-electron chi connectivity index (χ4n) is 2.50. The third-order valence-corrected chi connectivity index (χ3v) is 9.26. The standard InChI is InChI=1S/C14H26O7Si2/c1-15-13-10-8-9-12(11-22(16-2,17-3)18-4)14(13)23(19-5,20-6)21-7/h8-10H,11H2,1-7H3. The summed E-state index contributed by atoms with van der Waals surface area (Å²) < 4.78 is 39.0. The lowest BCUT2D eigenvalue weighted by Gasteiger charge is -2.30. The zero-order chi connectivity index (χ0) is 17.5. The Morgan fingerprint density at radius 1 is 0.739 bits per heavy atom. The summed E-state index contributed by atoms with van der Waals surface area (Å²) in [6.07, 6.45) is 0. The summed E-state index contributed by atoms with van der Waals surface area (Å²) in [7, 11) is 5.04. The third kappa shape index (κ3) is 4.01. The highest BCUT2D eigenvalue weighted by Crippen LogP contribution is 2.23. The van der Waals surface area contributed by atoms with Crippen LogP contribution in [0.15, 0.2) is 18.2 Å². The minimum Gasteiger partial charge on any atom is -0.497 e. The van der Waals surface area contributed by atoms with Gasteiger partial charge >= 0.3 is 17.6 Å². The quantitative estimate of drug-likeness (QED) is 0.569. The molecule has 7 nitrogen and oxygen atoms in total. The minimum atomic E-state index is -3.11. The molecule has 1 rings (SSSR count). The molecular weight excluding hydrogens is 336 g/mol. The Bertz CT molecular complexity index is 473. The Morgan fingerprint density at radius 3 is 1.65 bits per heavy atom. The molecule has 0 spiro atoms. The molecule has 0 aromatic heterocycles. The first-order valence-corrected chi connectivity index (χ1v) is 10.6. The van der Waals surface area contributed by atoms with Crippen LogP contribution in [0.2, 0.25) is 0 Å². The molecule has 0 atom stereocenters. The zero-order valence-electron chi connectivity index (χ0n) is 14.8. The van der Waals surface area contributed by atoms with E-state index in [-0.39, 0.29) is 0 Å². The fourth-order valence-corrected chi connectivity index (χ4v) is 6.53. The largest absolute Gasteiger partial charge is 0.540 e. The first-order chi connectivity index (χ1) is 11.0. The molecule has 0 amide bonds. The Morgan fingerprint density at radius 2 is 1.26 bits per heavy atom. The molecule has 0 bridgehead atoms. The van der Waals surface area contributed by atoms with Gasteiger partial charge in [-0.25, -0.2) is 0 Å². The second-order valence-electron chi connectivity index (χ2n) is 4.64. The molecule has 0 heterocycles. The lowest BCUT2D eigenvalue weighted by atomic mass is 10.2. The van der Waals surface area contributed by atoms with Gasteiger partial charge in [-0.3, -0.25) is 0 Å². The summed E-state index contributed by atoms with van der Waals surface area (Å²) in [5.74, 6) is 0.630. The molecular formula is C14H26O7Si2. The van der Waals surface area contributed by atoms with E-state index in [2.05, 4.69) is 0 Å². The van der Waals surface area contributed by atoms with Crippen molar-refractivity contribution in [3.05, 3.63) is 23.8 Å². The maximum absolute atomic E-state index is 5.63. The second-order valence-corrected chi connectivity index (χ2v) is 10.4. The van der Waals surface area contributed by atoms with Gasteiger partial charge in [-0.15, -0.1) is 0 Å². The summed E-state index contributed by atoms with van der Waals surface area (Å²) in [5, 5.41) is 0.748. The van der Waals surface area contributed by atoms with E-state index in [1.807, 2.05) is 18.2 Å². The Labute approximate surface area is 140 Å². The average molecular weight is 363 g/mol. The van der Waals surface area contributed by atoms with Crippen molar-refractivity contribution in [1.82, 2.24) is 0 Å². The normalized spacial score (nSPS) is 12.5. The number of ether oxygens (including phenoxy) is 1. The van der Waals surface area contributed by atoms with Gasteiger partial charge in [0.05, 0.1) is 12.3 Å². The van der Waals surface area contributed by atoms with Crippen LogP contribution >= 0.6 is 0 Å². The predicted molar refractivity (Wildman–Crippen MR) is 89.9 cm³/mol. The van der Waals surface area contributed by atoms with Crippen LogP contribution in [0.1, 0.15) is 5.56 Å². The van der Waals surface area contributed by atoms with Crippen LogP contribution in [0.5, 0.6) is 5.75 Å².